The number of rotatable bonds is 45. The fourth-order valence-corrected chi connectivity index (χ4v) is 8.90. The van der Waals surface area contributed by atoms with E-state index in [0.29, 0.717) is 13.0 Å². The summed E-state index contributed by atoms with van der Waals surface area (Å²) in [5, 5.41) is 72.2. The van der Waals surface area contributed by atoms with Crippen molar-refractivity contribution in [1.82, 2.24) is 0 Å². The van der Waals surface area contributed by atoms with E-state index in [4.69, 9.17) is 28.4 Å². The van der Waals surface area contributed by atoms with Gasteiger partial charge in [-0.05, 0) is 44.9 Å². The maximum Gasteiger partial charge on any atom is 0.306 e. The van der Waals surface area contributed by atoms with Crippen LogP contribution in [-0.2, 0) is 33.2 Å². The number of carbonyl (C=O) groups excluding carboxylic acids is 1. The number of aliphatic hydroxyl groups excluding tert-OH is 7. The maximum atomic E-state index is 13.0. The monoisotopic (exact) mass is 987 g/mol. The van der Waals surface area contributed by atoms with Crippen molar-refractivity contribution in [3.8, 4) is 0 Å². The molecule has 11 unspecified atom stereocenters. The number of ether oxygens (including phenoxy) is 6. The molecule has 14 heteroatoms. The molecule has 0 aromatic heterocycles. The first-order valence-electron chi connectivity index (χ1n) is 27.9. The van der Waals surface area contributed by atoms with Gasteiger partial charge < -0.3 is 64.2 Å². The Morgan fingerprint density at radius 3 is 1.42 bits per heavy atom. The summed E-state index contributed by atoms with van der Waals surface area (Å²) in [7, 11) is 0. The molecule has 0 amide bonds. The van der Waals surface area contributed by atoms with Crippen LogP contribution in [0, 0.1) is 0 Å². The van der Waals surface area contributed by atoms with E-state index in [2.05, 4.69) is 38.2 Å². The van der Waals surface area contributed by atoms with Gasteiger partial charge in [-0.15, -0.1) is 0 Å². The summed E-state index contributed by atoms with van der Waals surface area (Å²) in [4.78, 5) is 13.0. The van der Waals surface area contributed by atoms with E-state index in [0.717, 1.165) is 44.9 Å². The van der Waals surface area contributed by atoms with Crippen LogP contribution in [0.1, 0.15) is 219 Å². The van der Waals surface area contributed by atoms with Crippen molar-refractivity contribution < 1.29 is 69.0 Å². The molecule has 2 aliphatic heterocycles. The highest BCUT2D eigenvalue weighted by atomic mass is 16.7. The Balaban J connectivity index is 1.73. The van der Waals surface area contributed by atoms with Gasteiger partial charge in [0.25, 0.3) is 0 Å². The van der Waals surface area contributed by atoms with Gasteiger partial charge in [0.15, 0.2) is 12.6 Å². The van der Waals surface area contributed by atoms with Gasteiger partial charge in [0.1, 0.15) is 54.9 Å². The van der Waals surface area contributed by atoms with Crippen molar-refractivity contribution in [2.75, 3.05) is 33.0 Å². The molecular formula is C55H102O14. The van der Waals surface area contributed by atoms with Gasteiger partial charge >= 0.3 is 5.97 Å². The minimum atomic E-state index is -1.70. The lowest BCUT2D eigenvalue weighted by Crippen LogP contribution is -2.61. The van der Waals surface area contributed by atoms with Crippen molar-refractivity contribution in [3.63, 3.8) is 0 Å². The molecule has 2 rings (SSSR count). The minimum absolute atomic E-state index is 0.0637. The van der Waals surface area contributed by atoms with Crippen LogP contribution in [0.15, 0.2) is 24.3 Å². The van der Waals surface area contributed by atoms with E-state index in [1.54, 1.807) is 0 Å². The van der Waals surface area contributed by atoms with Crippen LogP contribution >= 0.6 is 0 Å². The summed E-state index contributed by atoms with van der Waals surface area (Å²) in [5.41, 5.74) is 0. The molecule has 0 aromatic rings. The van der Waals surface area contributed by atoms with Crippen LogP contribution in [-0.4, -0.2) is 142 Å². The van der Waals surface area contributed by atoms with E-state index < -0.39 is 80.7 Å². The molecule has 11 atom stereocenters. The molecular weight excluding hydrogens is 885 g/mol. The molecule has 14 nitrogen and oxygen atoms in total. The molecule has 0 aliphatic carbocycles. The lowest BCUT2D eigenvalue weighted by Gasteiger charge is -2.42. The van der Waals surface area contributed by atoms with Crippen LogP contribution in [0.2, 0.25) is 0 Å². The number of hydrogen-bond donors (Lipinski definition) is 7. The largest absolute Gasteiger partial charge is 0.457 e. The number of carbonyl (C=O) groups is 1. The molecule has 7 N–H and O–H groups in total. The maximum absolute atomic E-state index is 13.0. The van der Waals surface area contributed by atoms with Gasteiger partial charge in [-0.2, -0.15) is 0 Å². The smallest absolute Gasteiger partial charge is 0.306 e. The Bertz CT molecular complexity index is 1240. The van der Waals surface area contributed by atoms with E-state index in [1.807, 2.05) is 0 Å². The van der Waals surface area contributed by atoms with Crippen LogP contribution in [0.4, 0.5) is 0 Å². The number of hydrogen-bond acceptors (Lipinski definition) is 14. The van der Waals surface area contributed by atoms with Gasteiger partial charge in [0.2, 0.25) is 0 Å². The molecule has 0 bridgehead atoms. The molecule has 0 saturated carbocycles. The van der Waals surface area contributed by atoms with Gasteiger partial charge in [-0.3, -0.25) is 4.79 Å². The fourth-order valence-electron chi connectivity index (χ4n) is 8.90. The molecule has 0 aromatic carbocycles. The third-order valence-electron chi connectivity index (χ3n) is 13.5. The Hall–Kier alpha value is -1.53. The van der Waals surface area contributed by atoms with Crippen molar-refractivity contribution in [2.24, 2.45) is 0 Å². The van der Waals surface area contributed by atoms with Crippen molar-refractivity contribution in [2.45, 2.75) is 287 Å². The Morgan fingerprint density at radius 2 is 0.899 bits per heavy atom. The third kappa shape index (κ3) is 30.3. The predicted octanol–water partition coefficient (Wildman–Crippen LogP) is 9.19. The molecule has 2 fully saturated rings. The first-order chi connectivity index (χ1) is 33.6. The summed E-state index contributed by atoms with van der Waals surface area (Å²) in [5.74, 6) is -0.374. The highest BCUT2D eigenvalue weighted by Crippen LogP contribution is 2.27. The highest BCUT2D eigenvalue weighted by molar-refractivity contribution is 5.69. The molecule has 406 valence electrons. The predicted molar refractivity (Wildman–Crippen MR) is 270 cm³/mol. The van der Waals surface area contributed by atoms with Crippen LogP contribution < -0.4 is 0 Å². The Kier molecular flexibility index (Phi) is 39.6. The van der Waals surface area contributed by atoms with Crippen molar-refractivity contribution in [3.05, 3.63) is 24.3 Å². The van der Waals surface area contributed by atoms with E-state index in [9.17, 15) is 40.5 Å². The number of allylic oxidation sites excluding steroid dienone is 4. The van der Waals surface area contributed by atoms with Crippen LogP contribution in [0.25, 0.3) is 0 Å². The number of aliphatic hydroxyl groups is 7. The zero-order valence-electron chi connectivity index (χ0n) is 43.3. The van der Waals surface area contributed by atoms with Crippen LogP contribution in [0.5, 0.6) is 0 Å². The average Bonchev–Trinajstić information content (AvgIpc) is 3.35. The quantitative estimate of drug-likeness (QED) is 0.0172. The first-order valence-corrected chi connectivity index (χ1v) is 27.9. The van der Waals surface area contributed by atoms with Crippen LogP contribution in [0.3, 0.4) is 0 Å². The molecule has 0 spiro atoms. The lowest BCUT2D eigenvalue weighted by molar-refractivity contribution is -0.332. The zero-order valence-corrected chi connectivity index (χ0v) is 43.3. The zero-order chi connectivity index (χ0) is 50.2. The molecule has 2 aliphatic rings. The topological polar surface area (TPSA) is 214 Å². The average molecular weight is 987 g/mol. The summed E-state index contributed by atoms with van der Waals surface area (Å²) < 4.78 is 34.4. The van der Waals surface area contributed by atoms with E-state index in [-0.39, 0.29) is 25.6 Å². The third-order valence-corrected chi connectivity index (χ3v) is 13.5. The summed E-state index contributed by atoms with van der Waals surface area (Å²) >= 11 is 0. The fraction of sp³-hybridized carbons (Fsp3) is 0.909. The molecule has 69 heavy (non-hydrogen) atoms. The summed E-state index contributed by atoms with van der Waals surface area (Å²) in [6.45, 7) is 3.69. The Morgan fingerprint density at radius 1 is 0.478 bits per heavy atom. The Labute approximate surface area is 417 Å². The SMILES string of the molecule is CCCCC/C=C\C/C=C\CCCCCCCCCCCCOCC(COC1OC(COC2OC(CO)C(O)C(O)C2O)C(O)C(O)C1O)OC(=O)CCCCCCCCCCCCCCCCC. The second kappa shape index (κ2) is 42.9. The van der Waals surface area contributed by atoms with E-state index in [1.165, 1.54) is 148 Å². The van der Waals surface area contributed by atoms with E-state index >= 15 is 0 Å². The normalized spacial score (nSPS) is 25.8. The molecule has 2 saturated heterocycles. The second-order valence-corrected chi connectivity index (χ2v) is 19.8. The van der Waals surface area contributed by atoms with Crippen molar-refractivity contribution in [1.29, 1.82) is 0 Å². The number of esters is 1. The first kappa shape index (κ1) is 63.6. The van der Waals surface area contributed by atoms with Gasteiger partial charge in [-0.25, -0.2) is 0 Å². The van der Waals surface area contributed by atoms with Gasteiger partial charge in [0, 0.05) is 13.0 Å². The summed E-state index contributed by atoms with van der Waals surface area (Å²) in [6.07, 6.45) is 30.9. The second-order valence-electron chi connectivity index (χ2n) is 19.8. The highest BCUT2D eigenvalue weighted by Gasteiger charge is 2.47. The lowest BCUT2D eigenvalue weighted by atomic mass is 9.98. The summed E-state index contributed by atoms with van der Waals surface area (Å²) in [6, 6.07) is 0. The minimum Gasteiger partial charge on any atom is -0.457 e. The van der Waals surface area contributed by atoms with Crippen molar-refractivity contribution >= 4 is 5.97 Å². The number of unbranched alkanes of at least 4 members (excludes halogenated alkanes) is 27. The standard InChI is InChI=1S/C55H102O14/c1-3-5-7-9-11-13-15-17-19-20-21-22-23-25-27-29-31-33-35-37-39-64-41-44(67-47(57)38-36-34-32-30-28-26-24-18-16-14-12-10-8-6-4-2)42-65-54-53(63)51(61)49(59)46(69-54)43-66-55-52(62)50(60)48(58)45(40-56)68-55/h11,13,17,19,44-46,48-56,58-63H,3-10,12,14-16,18,20-43H2,1-2H3/b13-11-,19-17-. The molecule has 0 radical (unpaired) electrons. The van der Waals surface area contributed by atoms with Gasteiger partial charge in [0.05, 0.1) is 26.4 Å². The van der Waals surface area contributed by atoms with Gasteiger partial charge in [-0.1, -0.05) is 192 Å². The molecule has 2 heterocycles.